The van der Waals surface area contributed by atoms with Crippen LogP contribution < -0.4 is 21.3 Å². The summed E-state index contributed by atoms with van der Waals surface area (Å²) in [4.78, 5) is 47.8. The molecule has 1 aliphatic carbocycles. The lowest BCUT2D eigenvalue weighted by atomic mass is 9.80. The van der Waals surface area contributed by atoms with E-state index in [9.17, 15) is 14.4 Å². The van der Waals surface area contributed by atoms with Crippen LogP contribution in [0, 0.1) is 31.6 Å². The molecule has 0 radical (unpaired) electrons. The zero-order chi connectivity index (χ0) is 35.3. The first kappa shape index (κ1) is 34.1. The van der Waals surface area contributed by atoms with Crippen LogP contribution >= 0.6 is 0 Å². The molecule has 4 aliphatic rings. The maximum atomic E-state index is 14.2. The molecule has 0 amide bonds. The Morgan fingerprint density at radius 2 is 1.80 bits per heavy atom. The van der Waals surface area contributed by atoms with Gasteiger partial charge in [0.25, 0.3) is 0 Å². The molecule has 5 atom stereocenters. The molecule has 1 unspecified atom stereocenters. The fourth-order valence-corrected chi connectivity index (χ4v) is 8.10. The van der Waals surface area contributed by atoms with Crippen molar-refractivity contribution < 1.29 is 23.9 Å². The number of hydrogen-bond donors (Lipinski definition) is 4. The fraction of sp³-hybridized carbons (Fsp3) is 0.425. The van der Waals surface area contributed by atoms with Gasteiger partial charge >= 0.3 is 11.9 Å². The lowest BCUT2D eigenvalue weighted by Gasteiger charge is -2.25. The molecule has 0 spiro atoms. The standard InChI is InChI=1S/C40H48N4O5/c1-10-24-20(5)27-16-29-22(7)26(12-13-33(45)49-15-14-19(3)4)37(43-29)35-36(40(47)48-9)39(46)34-23(8)30(44-38(34)35)18-32-25(11-2)21(6)28(42-32)17-31(24)41-27/h10,14,16-18,22,26,32,36-37,41-44H,1,11-13,15H2,2-9H3/b28-17-,29-16-,30-18-/t22-,26-,32+,36+,37?/m0/s1. The van der Waals surface area contributed by atoms with E-state index in [-0.39, 0.29) is 42.7 Å². The van der Waals surface area contributed by atoms with Crippen molar-refractivity contribution in [3.63, 3.8) is 0 Å². The molecule has 3 aliphatic heterocycles. The lowest BCUT2D eigenvalue weighted by molar-refractivity contribution is -0.143. The molecule has 2 aromatic heterocycles. The van der Waals surface area contributed by atoms with Crippen molar-refractivity contribution in [1.82, 2.24) is 20.6 Å². The predicted molar refractivity (Wildman–Crippen MR) is 193 cm³/mol. The number of nitrogens with one attached hydrogen (secondary N) is 4. The number of ether oxygens (including phenoxy) is 2. The Labute approximate surface area is 288 Å². The van der Waals surface area contributed by atoms with E-state index in [1.165, 1.54) is 18.3 Å². The minimum atomic E-state index is -1.09. The summed E-state index contributed by atoms with van der Waals surface area (Å²) in [6.45, 7) is 18.7. The second-order valence-electron chi connectivity index (χ2n) is 13.9. The molecule has 5 heterocycles. The highest BCUT2D eigenvalue weighted by atomic mass is 16.5. The Morgan fingerprint density at radius 1 is 1.04 bits per heavy atom. The van der Waals surface area contributed by atoms with Gasteiger partial charge in [-0.3, -0.25) is 14.4 Å². The summed E-state index contributed by atoms with van der Waals surface area (Å²) in [5.41, 5.74) is 11.5. The van der Waals surface area contributed by atoms with E-state index < -0.39 is 17.9 Å². The molecule has 258 valence electrons. The van der Waals surface area contributed by atoms with Crippen molar-refractivity contribution in [2.45, 2.75) is 79.8 Å². The number of aromatic nitrogens is 2. The summed E-state index contributed by atoms with van der Waals surface area (Å²) in [5, 5.41) is 8.97. The molecule has 4 N–H and O–H groups in total. The molecule has 1 saturated heterocycles. The number of rotatable bonds is 8. The van der Waals surface area contributed by atoms with Crippen LogP contribution in [0.25, 0.3) is 29.9 Å². The van der Waals surface area contributed by atoms with Crippen LogP contribution in [-0.2, 0) is 19.1 Å². The van der Waals surface area contributed by atoms with Gasteiger partial charge in [0.1, 0.15) is 12.5 Å². The predicted octanol–water partition coefficient (Wildman–Crippen LogP) is 5.13. The fourth-order valence-electron chi connectivity index (χ4n) is 8.10. The van der Waals surface area contributed by atoms with Gasteiger partial charge in [0.2, 0.25) is 0 Å². The number of allylic oxidation sites excluding steroid dienone is 3. The number of ketones is 1. The molecule has 6 rings (SSSR count). The summed E-state index contributed by atoms with van der Waals surface area (Å²) in [7, 11) is 1.32. The highest BCUT2D eigenvalue weighted by Gasteiger charge is 2.49. The lowest BCUT2D eigenvalue weighted by Crippen LogP contribution is -2.38. The molecule has 0 saturated carbocycles. The number of Topliss-reactive ketones (excluding diaryl/α,β-unsaturated/α-hetero) is 1. The van der Waals surface area contributed by atoms with Crippen LogP contribution in [0.5, 0.6) is 0 Å². The van der Waals surface area contributed by atoms with Crippen molar-refractivity contribution >= 4 is 47.6 Å². The monoisotopic (exact) mass is 664 g/mol. The Morgan fingerprint density at radius 3 is 2.47 bits per heavy atom. The minimum absolute atomic E-state index is 0.0371. The highest BCUT2D eigenvalue weighted by Crippen LogP contribution is 2.42. The third-order valence-electron chi connectivity index (χ3n) is 10.9. The van der Waals surface area contributed by atoms with Crippen molar-refractivity contribution in [1.29, 1.82) is 0 Å². The SMILES string of the molecule is C=Cc1c2[nH]c(c1C)/C=C1\NC(C3=c4[nH]/c(c(C)c4C(=O)[C@@H]3C(=O)OC)=C\[C@H]3N/C(=C\2)C(C)=C3CC)[C@@H](CCC(=O)OCC=C(C)C)[C@@H]1C. The number of carbonyl (C=O) groups is 3. The van der Waals surface area contributed by atoms with Crippen LogP contribution in [0.4, 0.5) is 0 Å². The van der Waals surface area contributed by atoms with E-state index in [1.807, 2.05) is 32.9 Å². The second-order valence-corrected chi connectivity index (χ2v) is 13.9. The molecule has 8 bridgehead atoms. The van der Waals surface area contributed by atoms with Crippen molar-refractivity contribution in [2.75, 3.05) is 13.7 Å². The van der Waals surface area contributed by atoms with Crippen LogP contribution in [0.3, 0.4) is 0 Å². The molecule has 0 aromatic carbocycles. The molecule has 49 heavy (non-hydrogen) atoms. The van der Waals surface area contributed by atoms with Gasteiger partial charge in [0, 0.05) is 51.6 Å². The van der Waals surface area contributed by atoms with E-state index in [2.05, 4.69) is 73.1 Å². The third-order valence-corrected chi connectivity index (χ3v) is 10.9. The second kappa shape index (κ2) is 13.3. The number of methoxy groups -OCH3 is 1. The molecule has 9 nitrogen and oxygen atoms in total. The number of hydrogen-bond acceptors (Lipinski definition) is 7. The number of H-pyrrole nitrogens is 2. The first-order valence-electron chi connectivity index (χ1n) is 17.3. The molecule has 2 aromatic rings. The van der Waals surface area contributed by atoms with Gasteiger partial charge in [-0.1, -0.05) is 32.1 Å². The topological polar surface area (TPSA) is 125 Å². The number of esters is 2. The summed E-state index contributed by atoms with van der Waals surface area (Å²) < 4.78 is 10.8. The van der Waals surface area contributed by atoms with E-state index in [0.717, 1.165) is 56.8 Å². The molecule has 1 fully saturated rings. The van der Waals surface area contributed by atoms with Gasteiger partial charge in [0.05, 0.1) is 24.5 Å². The van der Waals surface area contributed by atoms with Gasteiger partial charge in [-0.2, -0.15) is 0 Å². The maximum Gasteiger partial charge on any atom is 0.320 e. The maximum absolute atomic E-state index is 14.2. The van der Waals surface area contributed by atoms with Crippen molar-refractivity contribution in [3.05, 3.63) is 85.1 Å². The van der Waals surface area contributed by atoms with E-state index in [1.54, 1.807) is 0 Å². The van der Waals surface area contributed by atoms with Crippen molar-refractivity contribution in [3.8, 4) is 0 Å². The average Bonchev–Trinajstić information content (AvgIpc) is 3.80. The Kier molecular flexibility index (Phi) is 9.22. The molecular weight excluding hydrogens is 616 g/mol. The summed E-state index contributed by atoms with van der Waals surface area (Å²) in [6, 6.07) is -0.501. The van der Waals surface area contributed by atoms with E-state index in [0.29, 0.717) is 22.9 Å². The Balaban J connectivity index is 1.58. The van der Waals surface area contributed by atoms with Gasteiger partial charge in [-0.15, -0.1) is 0 Å². The zero-order valence-electron chi connectivity index (χ0n) is 29.9. The first-order valence-corrected chi connectivity index (χ1v) is 17.3. The highest BCUT2D eigenvalue weighted by molar-refractivity contribution is 6.19. The van der Waals surface area contributed by atoms with Crippen LogP contribution in [0.1, 0.15) is 92.3 Å². The first-order chi connectivity index (χ1) is 23.4. The third kappa shape index (κ3) is 5.83. The van der Waals surface area contributed by atoms with E-state index in [4.69, 9.17) is 9.47 Å². The quantitative estimate of drug-likeness (QED) is 0.175. The average molecular weight is 665 g/mol. The number of aromatic amines is 2. The van der Waals surface area contributed by atoms with Crippen LogP contribution in [-0.4, -0.2) is 53.5 Å². The van der Waals surface area contributed by atoms with Crippen molar-refractivity contribution in [2.24, 2.45) is 17.8 Å². The smallest absolute Gasteiger partial charge is 0.320 e. The number of carbonyl (C=O) groups excluding carboxylic acids is 3. The normalized spacial score (nSPS) is 26.5. The van der Waals surface area contributed by atoms with Crippen LogP contribution in [0.15, 0.2) is 40.8 Å². The van der Waals surface area contributed by atoms with Gasteiger partial charge in [-0.25, -0.2) is 0 Å². The summed E-state index contributed by atoms with van der Waals surface area (Å²) in [5.74, 6) is -2.38. The van der Waals surface area contributed by atoms with Gasteiger partial charge < -0.3 is 30.1 Å². The molecular formula is C40H48N4O5. The summed E-state index contributed by atoms with van der Waals surface area (Å²) >= 11 is 0. The largest absolute Gasteiger partial charge is 0.468 e. The summed E-state index contributed by atoms with van der Waals surface area (Å²) in [6.07, 6.45) is 11.8. The minimum Gasteiger partial charge on any atom is -0.468 e. The van der Waals surface area contributed by atoms with Gasteiger partial charge in [-0.05, 0) is 106 Å². The van der Waals surface area contributed by atoms with Crippen LogP contribution in [0.2, 0.25) is 0 Å². The van der Waals surface area contributed by atoms with Gasteiger partial charge in [0.15, 0.2) is 5.78 Å². The molecule has 9 heteroatoms. The Hall–Kier alpha value is -4.79. The zero-order valence-corrected chi connectivity index (χ0v) is 29.9. The number of fused-ring (bicyclic) bond motifs is 8. The Bertz CT molecular complexity index is 2010. The van der Waals surface area contributed by atoms with E-state index >= 15 is 0 Å².